The lowest BCUT2D eigenvalue weighted by Gasteiger charge is -2.24. The number of imidazole rings is 1. The summed E-state index contributed by atoms with van der Waals surface area (Å²) in [4.78, 5) is 77.9. The van der Waals surface area contributed by atoms with Gasteiger partial charge >= 0.3 is 17.9 Å². The van der Waals surface area contributed by atoms with E-state index in [2.05, 4.69) is 25.9 Å². The number of hydrogen-bond donors (Lipinski definition) is 8. The molecule has 3 amide bonds. The molecule has 1 aliphatic heterocycles. The molecule has 1 saturated heterocycles. The van der Waals surface area contributed by atoms with Gasteiger partial charge in [0.1, 0.15) is 18.1 Å². The minimum atomic E-state index is -1.77. The summed E-state index contributed by atoms with van der Waals surface area (Å²) in [5, 5.41) is 36.9. The van der Waals surface area contributed by atoms with Crippen molar-refractivity contribution in [3.05, 3.63) is 18.2 Å². The monoisotopic (exact) mass is 482 g/mol. The zero-order valence-electron chi connectivity index (χ0n) is 17.9. The Morgan fingerprint density at radius 2 is 1.56 bits per heavy atom. The van der Waals surface area contributed by atoms with E-state index in [9.17, 15) is 33.9 Å². The van der Waals surface area contributed by atoms with Crippen LogP contribution in [0.5, 0.6) is 0 Å². The van der Waals surface area contributed by atoms with Gasteiger partial charge in [0.25, 0.3) is 0 Å². The first-order valence-electron chi connectivity index (χ1n) is 10.3. The molecule has 1 aromatic heterocycles. The van der Waals surface area contributed by atoms with Crippen molar-refractivity contribution in [1.82, 2.24) is 31.2 Å². The van der Waals surface area contributed by atoms with Gasteiger partial charge in [-0.3, -0.25) is 24.0 Å². The maximum atomic E-state index is 12.8. The van der Waals surface area contributed by atoms with Crippen molar-refractivity contribution in [3.8, 4) is 0 Å². The molecule has 15 heteroatoms. The first kappa shape index (κ1) is 26.2. The van der Waals surface area contributed by atoms with E-state index in [1.165, 1.54) is 12.5 Å². The molecule has 0 saturated carbocycles. The predicted molar refractivity (Wildman–Crippen MR) is 111 cm³/mol. The fourth-order valence-corrected chi connectivity index (χ4v) is 3.31. The summed E-state index contributed by atoms with van der Waals surface area (Å²) in [6, 6.07) is -5.30. The fourth-order valence-electron chi connectivity index (χ4n) is 3.31. The number of aromatic nitrogens is 2. The summed E-state index contributed by atoms with van der Waals surface area (Å²) in [7, 11) is 0. The SMILES string of the molecule is O=C(O)CC(NC(=O)C(Cc1cnc[nH]1)NC(=O)C(CC(=O)O)NC(=O)C1CCCN1)C(=O)O. The normalized spacial score (nSPS) is 17.7. The molecule has 4 unspecified atom stereocenters. The quantitative estimate of drug-likeness (QED) is 0.143. The Morgan fingerprint density at radius 3 is 2.09 bits per heavy atom. The first-order valence-corrected chi connectivity index (χ1v) is 10.3. The van der Waals surface area contributed by atoms with Gasteiger partial charge in [0.15, 0.2) is 0 Å². The second-order valence-corrected chi connectivity index (χ2v) is 7.65. The molecule has 2 rings (SSSR count). The molecule has 15 nitrogen and oxygen atoms in total. The van der Waals surface area contributed by atoms with Gasteiger partial charge in [-0.15, -0.1) is 0 Å². The van der Waals surface area contributed by atoms with Crippen molar-refractivity contribution >= 4 is 35.6 Å². The van der Waals surface area contributed by atoms with Gasteiger partial charge < -0.3 is 41.6 Å². The molecule has 4 atom stereocenters. The number of carbonyl (C=O) groups excluding carboxylic acids is 3. The summed E-state index contributed by atoms with van der Waals surface area (Å²) in [5.74, 6) is -7.01. The smallest absolute Gasteiger partial charge is 0.326 e. The van der Waals surface area contributed by atoms with Crippen LogP contribution in [-0.4, -0.2) is 91.6 Å². The van der Waals surface area contributed by atoms with Crippen LogP contribution in [0.25, 0.3) is 0 Å². The van der Waals surface area contributed by atoms with E-state index in [0.29, 0.717) is 18.7 Å². The van der Waals surface area contributed by atoms with Crippen LogP contribution in [0, 0.1) is 0 Å². The fraction of sp³-hybridized carbons (Fsp3) is 0.526. The van der Waals surface area contributed by atoms with Crippen molar-refractivity contribution in [1.29, 1.82) is 0 Å². The highest BCUT2D eigenvalue weighted by Crippen LogP contribution is 2.07. The highest BCUT2D eigenvalue weighted by Gasteiger charge is 2.33. The van der Waals surface area contributed by atoms with E-state index >= 15 is 0 Å². The molecule has 1 aliphatic rings. The number of aromatic amines is 1. The molecule has 0 aliphatic carbocycles. The van der Waals surface area contributed by atoms with E-state index in [4.69, 9.17) is 10.2 Å². The minimum Gasteiger partial charge on any atom is -0.481 e. The largest absolute Gasteiger partial charge is 0.481 e. The van der Waals surface area contributed by atoms with Gasteiger partial charge in [0.2, 0.25) is 17.7 Å². The molecular formula is C19H26N6O9. The van der Waals surface area contributed by atoms with Crippen molar-refractivity contribution in [2.45, 2.75) is 56.3 Å². The van der Waals surface area contributed by atoms with Crippen LogP contribution in [0.1, 0.15) is 31.4 Å². The molecule has 186 valence electrons. The lowest BCUT2D eigenvalue weighted by atomic mass is 10.1. The van der Waals surface area contributed by atoms with Crippen LogP contribution in [-0.2, 0) is 35.2 Å². The molecule has 1 fully saturated rings. The van der Waals surface area contributed by atoms with Crippen molar-refractivity contribution in [2.75, 3.05) is 6.54 Å². The zero-order valence-corrected chi connectivity index (χ0v) is 17.9. The number of rotatable bonds is 13. The number of carboxylic acids is 3. The molecule has 0 radical (unpaired) electrons. The van der Waals surface area contributed by atoms with Gasteiger partial charge in [-0.1, -0.05) is 0 Å². The number of carbonyl (C=O) groups is 6. The van der Waals surface area contributed by atoms with Gasteiger partial charge in [-0.05, 0) is 19.4 Å². The second kappa shape index (κ2) is 12.3. The number of hydrogen-bond acceptors (Lipinski definition) is 8. The second-order valence-electron chi connectivity index (χ2n) is 7.65. The third-order valence-corrected chi connectivity index (χ3v) is 4.99. The Morgan fingerprint density at radius 1 is 0.941 bits per heavy atom. The highest BCUT2D eigenvalue weighted by atomic mass is 16.4. The van der Waals surface area contributed by atoms with E-state index in [-0.39, 0.29) is 6.42 Å². The molecule has 2 heterocycles. The summed E-state index contributed by atoms with van der Waals surface area (Å²) in [6.07, 6.45) is 2.03. The minimum absolute atomic E-state index is 0.200. The van der Waals surface area contributed by atoms with Crippen LogP contribution in [0.3, 0.4) is 0 Å². The van der Waals surface area contributed by atoms with E-state index < -0.39 is 72.6 Å². The number of nitrogens with one attached hydrogen (secondary N) is 5. The molecular weight excluding hydrogens is 456 g/mol. The van der Waals surface area contributed by atoms with E-state index in [1.807, 2.05) is 5.32 Å². The average Bonchev–Trinajstić information content (AvgIpc) is 3.45. The van der Waals surface area contributed by atoms with E-state index in [1.54, 1.807) is 0 Å². The maximum Gasteiger partial charge on any atom is 0.326 e. The highest BCUT2D eigenvalue weighted by molar-refractivity contribution is 5.96. The number of H-pyrrole nitrogens is 1. The molecule has 1 aromatic rings. The predicted octanol–water partition coefficient (Wildman–Crippen LogP) is -2.81. The third kappa shape index (κ3) is 8.16. The number of carboxylic acid groups (broad SMARTS) is 3. The Kier molecular flexibility index (Phi) is 9.49. The molecule has 0 bridgehead atoms. The number of aliphatic carboxylic acids is 3. The van der Waals surface area contributed by atoms with Crippen LogP contribution in [0.15, 0.2) is 12.5 Å². The number of nitrogens with zero attached hydrogens (tertiary/aromatic N) is 1. The molecule has 0 aromatic carbocycles. The Bertz CT molecular complexity index is 913. The molecule has 0 spiro atoms. The lowest BCUT2D eigenvalue weighted by molar-refractivity contribution is -0.147. The summed E-state index contributed by atoms with van der Waals surface area (Å²) in [5.41, 5.74) is 0.375. The van der Waals surface area contributed by atoms with Gasteiger partial charge in [0, 0.05) is 18.3 Å². The Balaban J connectivity index is 2.17. The van der Waals surface area contributed by atoms with E-state index in [0.717, 1.165) is 6.42 Å². The van der Waals surface area contributed by atoms with Gasteiger partial charge in [0.05, 0.1) is 25.2 Å². The van der Waals surface area contributed by atoms with Crippen molar-refractivity contribution < 1.29 is 44.1 Å². The third-order valence-electron chi connectivity index (χ3n) is 4.99. The summed E-state index contributed by atoms with van der Waals surface area (Å²) >= 11 is 0. The van der Waals surface area contributed by atoms with Crippen LogP contribution in [0.2, 0.25) is 0 Å². The molecule has 8 N–H and O–H groups in total. The van der Waals surface area contributed by atoms with Gasteiger partial charge in [-0.2, -0.15) is 0 Å². The van der Waals surface area contributed by atoms with Crippen LogP contribution < -0.4 is 21.3 Å². The number of amides is 3. The summed E-state index contributed by atoms with van der Waals surface area (Å²) in [6.45, 7) is 0.599. The van der Waals surface area contributed by atoms with Crippen molar-refractivity contribution in [2.24, 2.45) is 0 Å². The van der Waals surface area contributed by atoms with Crippen molar-refractivity contribution in [3.63, 3.8) is 0 Å². The molecule has 34 heavy (non-hydrogen) atoms. The Labute approximate surface area is 192 Å². The zero-order chi connectivity index (χ0) is 25.3. The summed E-state index contributed by atoms with van der Waals surface area (Å²) < 4.78 is 0. The average molecular weight is 482 g/mol. The van der Waals surface area contributed by atoms with Crippen LogP contribution >= 0.6 is 0 Å². The van der Waals surface area contributed by atoms with Crippen LogP contribution in [0.4, 0.5) is 0 Å². The maximum absolute atomic E-state index is 12.8. The van der Waals surface area contributed by atoms with Gasteiger partial charge in [-0.25, -0.2) is 9.78 Å². The lowest BCUT2D eigenvalue weighted by Crippen LogP contribution is -2.58. The topological polar surface area (TPSA) is 240 Å². The Hall–Kier alpha value is -4.01. The first-order chi connectivity index (χ1) is 16.1. The standard InChI is InChI=1S/C19H26N6O9/c26-14(27)5-12(24-16(30)10-2-1-3-21-10)18(32)23-11(4-9-7-20-8-22-9)17(31)25-13(19(33)34)6-15(28)29/h7-8,10-13,21H,1-6H2,(H,20,22)(H,23,32)(H,24,30)(H,25,31)(H,26,27)(H,28,29)(H,33,34).